The fourth-order valence-corrected chi connectivity index (χ4v) is 2.35. The first-order chi connectivity index (χ1) is 14.5. The van der Waals surface area contributed by atoms with Gasteiger partial charge in [-0.2, -0.15) is 0 Å². The van der Waals surface area contributed by atoms with Crippen LogP contribution in [0.1, 0.15) is 40.5 Å². The molecule has 1 atom stereocenters. The van der Waals surface area contributed by atoms with E-state index in [9.17, 15) is 9.59 Å². The van der Waals surface area contributed by atoms with Crippen molar-refractivity contribution in [2.75, 3.05) is 14.2 Å². The number of para-hydroxylation sites is 2. The summed E-state index contributed by atoms with van der Waals surface area (Å²) >= 11 is 0. The standard InChI is InChI=1S/C22H24O8/c1-5-15(2)14-20(27-29-21(23)16-10-6-8-12-18(16)25-3)28-30-22(24)17-11-7-9-13-19(17)26-4/h6-13,15H,1,5,14H2,2-4H3. The van der Waals surface area contributed by atoms with Crippen molar-refractivity contribution in [3.05, 3.63) is 72.9 Å². The largest absolute Gasteiger partial charge is 0.496 e. The van der Waals surface area contributed by atoms with Crippen LogP contribution >= 0.6 is 0 Å². The normalized spacial score (nSPS) is 11.6. The summed E-state index contributed by atoms with van der Waals surface area (Å²) in [5.74, 6) is -0.946. The molecule has 1 unspecified atom stereocenters. The molecule has 0 spiro atoms. The summed E-state index contributed by atoms with van der Waals surface area (Å²) in [7, 11) is 2.86. The summed E-state index contributed by atoms with van der Waals surface area (Å²) < 4.78 is 10.2. The van der Waals surface area contributed by atoms with E-state index in [4.69, 9.17) is 29.0 Å². The van der Waals surface area contributed by atoms with Gasteiger partial charge in [-0.25, -0.2) is 9.59 Å². The smallest absolute Gasteiger partial charge is 0.376 e. The van der Waals surface area contributed by atoms with Crippen LogP contribution in [0.25, 0.3) is 0 Å². The molecule has 8 nitrogen and oxygen atoms in total. The van der Waals surface area contributed by atoms with E-state index in [-0.39, 0.29) is 29.8 Å². The summed E-state index contributed by atoms with van der Waals surface area (Å²) in [6, 6.07) is 13.0. The molecule has 0 aliphatic heterocycles. The van der Waals surface area contributed by atoms with Crippen molar-refractivity contribution >= 4 is 11.9 Å². The van der Waals surface area contributed by atoms with Crippen LogP contribution in [0.5, 0.6) is 11.5 Å². The van der Waals surface area contributed by atoms with Crippen LogP contribution in [-0.4, -0.2) is 26.2 Å². The van der Waals surface area contributed by atoms with Crippen molar-refractivity contribution in [3.63, 3.8) is 0 Å². The molecule has 0 N–H and O–H groups in total. The van der Waals surface area contributed by atoms with Crippen LogP contribution in [0.4, 0.5) is 0 Å². The highest BCUT2D eigenvalue weighted by Gasteiger charge is 2.25. The SMILES string of the molecule is [CH2]CC(C)C[C](OOC(=O)c1ccccc1OC)OOC(=O)c1ccccc1OC. The van der Waals surface area contributed by atoms with Crippen LogP contribution in [0, 0.1) is 19.1 Å². The van der Waals surface area contributed by atoms with Crippen molar-refractivity contribution in [2.45, 2.75) is 19.8 Å². The number of carbonyl (C=O) groups is 2. The van der Waals surface area contributed by atoms with Crippen LogP contribution in [0.15, 0.2) is 48.5 Å². The maximum absolute atomic E-state index is 12.3. The van der Waals surface area contributed by atoms with Gasteiger partial charge in [-0.1, -0.05) is 44.5 Å². The average Bonchev–Trinajstić information content (AvgIpc) is 2.79. The zero-order valence-electron chi connectivity index (χ0n) is 17.1. The van der Waals surface area contributed by atoms with Gasteiger partial charge in [0.05, 0.1) is 14.2 Å². The number of carbonyl (C=O) groups excluding carboxylic acids is 2. The molecule has 2 aromatic rings. The molecule has 2 rings (SSSR count). The van der Waals surface area contributed by atoms with E-state index in [0.717, 1.165) is 0 Å². The number of ether oxygens (including phenoxy) is 2. The lowest BCUT2D eigenvalue weighted by molar-refractivity contribution is -0.365. The molecule has 0 bridgehead atoms. The summed E-state index contributed by atoms with van der Waals surface area (Å²) in [6.45, 7) is 5.68. The summed E-state index contributed by atoms with van der Waals surface area (Å²) in [5.41, 5.74) is 0.325. The van der Waals surface area contributed by atoms with Crippen LogP contribution < -0.4 is 9.47 Å². The second-order valence-corrected chi connectivity index (χ2v) is 6.28. The Morgan fingerprint density at radius 3 is 1.63 bits per heavy atom. The van der Waals surface area contributed by atoms with E-state index in [1.165, 1.54) is 26.4 Å². The zero-order valence-corrected chi connectivity index (χ0v) is 17.1. The molecule has 0 aliphatic carbocycles. The van der Waals surface area contributed by atoms with E-state index in [1.54, 1.807) is 36.4 Å². The number of methoxy groups -OCH3 is 2. The van der Waals surface area contributed by atoms with Gasteiger partial charge in [0.2, 0.25) is 0 Å². The van der Waals surface area contributed by atoms with Crippen LogP contribution in [-0.2, 0) is 19.6 Å². The van der Waals surface area contributed by atoms with Crippen molar-refractivity contribution < 1.29 is 38.6 Å². The first kappa shape index (κ1) is 23.2. The lowest BCUT2D eigenvalue weighted by Gasteiger charge is -2.17. The Kier molecular flexibility index (Phi) is 9.11. The molecule has 0 aliphatic rings. The molecule has 0 heterocycles. The molecule has 0 aromatic heterocycles. The maximum atomic E-state index is 12.3. The zero-order chi connectivity index (χ0) is 21.9. The van der Waals surface area contributed by atoms with Gasteiger partial charge in [-0.05, 0) is 30.2 Å². The fraction of sp³-hybridized carbons (Fsp3) is 0.273. The van der Waals surface area contributed by atoms with Gasteiger partial charge >= 0.3 is 18.2 Å². The molecule has 0 fully saturated rings. The lowest BCUT2D eigenvalue weighted by atomic mass is 10.1. The van der Waals surface area contributed by atoms with Gasteiger partial charge < -0.3 is 9.47 Å². The predicted molar refractivity (Wildman–Crippen MR) is 106 cm³/mol. The van der Waals surface area contributed by atoms with E-state index in [0.29, 0.717) is 17.9 Å². The number of hydrogen-bond acceptors (Lipinski definition) is 8. The first-order valence-corrected chi connectivity index (χ1v) is 9.18. The molecule has 8 heteroatoms. The molecule has 0 amide bonds. The molecule has 2 radical (unpaired) electrons. The van der Waals surface area contributed by atoms with Crippen molar-refractivity contribution in [3.8, 4) is 11.5 Å². The Morgan fingerprint density at radius 2 is 1.23 bits per heavy atom. The molecule has 0 saturated carbocycles. The lowest BCUT2D eigenvalue weighted by Crippen LogP contribution is -2.18. The fourth-order valence-electron chi connectivity index (χ4n) is 2.35. The first-order valence-electron chi connectivity index (χ1n) is 9.18. The Balaban J connectivity index is 2.01. The van der Waals surface area contributed by atoms with E-state index in [1.807, 2.05) is 6.92 Å². The highest BCUT2D eigenvalue weighted by atomic mass is 17.3. The third-order valence-corrected chi connectivity index (χ3v) is 4.08. The minimum Gasteiger partial charge on any atom is -0.496 e. The van der Waals surface area contributed by atoms with E-state index >= 15 is 0 Å². The third-order valence-electron chi connectivity index (χ3n) is 4.08. The summed E-state index contributed by atoms with van der Waals surface area (Å²) in [4.78, 5) is 44.3. The van der Waals surface area contributed by atoms with Crippen molar-refractivity contribution in [1.29, 1.82) is 0 Å². The van der Waals surface area contributed by atoms with Crippen molar-refractivity contribution in [1.82, 2.24) is 0 Å². The Morgan fingerprint density at radius 1 is 0.800 bits per heavy atom. The second kappa shape index (κ2) is 11.8. The van der Waals surface area contributed by atoms with E-state index < -0.39 is 11.9 Å². The summed E-state index contributed by atoms with van der Waals surface area (Å²) in [5, 5.41) is 0. The predicted octanol–water partition coefficient (Wildman–Crippen LogP) is 4.32. The molecular formula is C22H24O8. The Labute approximate surface area is 175 Å². The molecule has 160 valence electrons. The number of hydrogen-bond donors (Lipinski definition) is 0. The van der Waals surface area contributed by atoms with Crippen molar-refractivity contribution in [2.24, 2.45) is 5.92 Å². The van der Waals surface area contributed by atoms with Gasteiger partial charge in [0.25, 0.3) is 0 Å². The minimum atomic E-state index is -0.799. The Hall–Kier alpha value is -3.10. The molecular weight excluding hydrogens is 392 g/mol. The van der Waals surface area contributed by atoms with Gasteiger partial charge in [0.15, 0.2) is 0 Å². The topological polar surface area (TPSA) is 89.5 Å². The molecule has 0 saturated heterocycles. The molecule has 2 aromatic carbocycles. The van der Waals surface area contributed by atoms with Crippen LogP contribution in [0.2, 0.25) is 0 Å². The van der Waals surface area contributed by atoms with Crippen LogP contribution in [0.3, 0.4) is 0 Å². The second-order valence-electron chi connectivity index (χ2n) is 6.28. The monoisotopic (exact) mass is 416 g/mol. The number of rotatable bonds is 11. The highest BCUT2D eigenvalue weighted by Crippen LogP contribution is 2.24. The average molecular weight is 416 g/mol. The maximum Gasteiger partial charge on any atom is 0.376 e. The quantitative estimate of drug-likeness (QED) is 0.395. The number of benzene rings is 2. The minimum absolute atomic E-state index is 0.00919. The van der Waals surface area contributed by atoms with Gasteiger partial charge in [0.1, 0.15) is 22.6 Å². The summed E-state index contributed by atoms with van der Waals surface area (Å²) in [6.07, 6.45) is 0.525. The Bertz CT molecular complexity index is 772. The highest BCUT2D eigenvalue weighted by molar-refractivity contribution is 5.92. The van der Waals surface area contributed by atoms with Gasteiger partial charge in [-0.15, -0.1) is 9.78 Å². The van der Waals surface area contributed by atoms with Gasteiger partial charge in [0, 0.05) is 6.42 Å². The van der Waals surface area contributed by atoms with E-state index in [2.05, 4.69) is 6.92 Å². The van der Waals surface area contributed by atoms with Gasteiger partial charge in [-0.3, -0.25) is 9.78 Å². The third kappa shape index (κ3) is 6.47. The molecule has 30 heavy (non-hydrogen) atoms.